The minimum atomic E-state index is -0.0475. The molecule has 19 heavy (non-hydrogen) atoms. The van der Waals surface area contributed by atoms with E-state index in [-0.39, 0.29) is 11.9 Å². The molecule has 0 saturated carbocycles. The summed E-state index contributed by atoms with van der Waals surface area (Å²) in [5.41, 5.74) is 0. The van der Waals surface area contributed by atoms with Crippen molar-refractivity contribution in [1.82, 2.24) is 15.1 Å². The Labute approximate surface area is 118 Å². The molecule has 4 heteroatoms. The average molecular weight is 269 g/mol. The van der Waals surface area contributed by atoms with E-state index in [1.165, 1.54) is 12.8 Å². The molecule has 1 unspecified atom stereocenters. The van der Waals surface area contributed by atoms with Crippen molar-refractivity contribution in [1.29, 1.82) is 0 Å². The molecule has 1 amide bonds. The summed E-state index contributed by atoms with van der Waals surface area (Å²) in [5.74, 6) is 0.279. The van der Waals surface area contributed by atoms with Gasteiger partial charge >= 0.3 is 0 Å². The maximum Gasteiger partial charge on any atom is 0.239 e. The van der Waals surface area contributed by atoms with Crippen molar-refractivity contribution in [3.05, 3.63) is 0 Å². The molecule has 1 fully saturated rings. The molecule has 1 saturated heterocycles. The molecule has 0 spiro atoms. The Morgan fingerprint density at radius 3 is 2.26 bits per heavy atom. The number of hydrogen-bond acceptors (Lipinski definition) is 3. The molecule has 0 aliphatic carbocycles. The number of amides is 1. The van der Waals surface area contributed by atoms with Crippen molar-refractivity contribution >= 4 is 5.91 Å². The van der Waals surface area contributed by atoms with Crippen molar-refractivity contribution in [2.75, 3.05) is 39.3 Å². The van der Waals surface area contributed by atoms with E-state index in [4.69, 9.17) is 0 Å². The fraction of sp³-hybridized carbons (Fsp3) is 0.933. The van der Waals surface area contributed by atoms with Gasteiger partial charge in [0.05, 0.1) is 6.04 Å². The van der Waals surface area contributed by atoms with Crippen LogP contribution in [0.1, 0.15) is 46.5 Å². The molecule has 4 nitrogen and oxygen atoms in total. The number of carbonyl (C=O) groups is 1. The molecule has 0 aromatic heterocycles. The van der Waals surface area contributed by atoms with Gasteiger partial charge in [0.2, 0.25) is 5.91 Å². The Morgan fingerprint density at radius 1 is 1.16 bits per heavy atom. The van der Waals surface area contributed by atoms with Gasteiger partial charge < -0.3 is 15.1 Å². The lowest BCUT2D eigenvalue weighted by molar-refractivity contribution is -0.133. The highest BCUT2D eigenvalue weighted by atomic mass is 16.2. The van der Waals surface area contributed by atoms with Crippen LogP contribution < -0.4 is 5.32 Å². The highest BCUT2D eigenvalue weighted by Crippen LogP contribution is 2.10. The molecule has 1 aliphatic heterocycles. The standard InChI is InChI=1S/C15H31N3O/c1-4-17(5-2)13-10-16-14(3)15(19)18-11-8-6-7-9-12-18/h14,16H,4-13H2,1-3H3. The Kier molecular flexibility index (Phi) is 8.07. The van der Waals surface area contributed by atoms with E-state index in [0.29, 0.717) is 0 Å². The first-order chi connectivity index (χ1) is 9.19. The number of rotatable bonds is 7. The Morgan fingerprint density at radius 2 is 1.74 bits per heavy atom. The third kappa shape index (κ3) is 5.91. The van der Waals surface area contributed by atoms with Crippen molar-refractivity contribution in [3.63, 3.8) is 0 Å². The minimum Gasteiger partial charge on any atom is -0.341 e. The molecule has 1 atom stereocenters. The van der Waals surface area contributed by atoms with Crippen LogP contribution in [0.15, 0.2) is 0 Å². The quantitative estimate of drug-likeness (QED) is 0.764. The SMILES string of the molecule is CCN(CC)CCNC(C)C(=O)N1CCCCCC1. The Bertz CT molecular complexity index is 246. The van der Waals surface area contributed by atoms with E-state index in [9.17, 15) is 4.79 Å². The zero-order valence-corrected chi connectivity index (χ0v) is 13.0. The lowest BCUT2D eigenvalue weighted by Crippen LogP contribution is -2.47. The largest absolute Gasteiger partial charge is 0.341 e. The van der Waals surface area contributed by atoms with Gasteiger partial charge in [-0.25, -0.2) is 0 Å². The summed E-state index contributed by atoms with van der Waals surface area (Å²) < 4.78 is 0. The minimum absolute atomic E-state index is 0.0475. The number of nitrogens with zero attached hydrogens (tertiary/aromatic N) is 2. The van der Waals surface area contributed by atoms with E-state index in [1.807, 2.05) is 11.8 Å². The molecule has 1 rings (SSSR count). The molecule has 0 aromatic rings. The maximum absolute atomic E-state index is 12.3. The molecule has 1 heterocycles. The van der Waals surface area contributed by atoms with E-state index in [0.717, 1.165) is 52.1 Å². The molecule has 112 valence electrons. The van der Waals surface area contributed by atoms with Gasteiger partial charge in [0.15, 0.2) is 0 Å². The fourth-order valence-corrected chi connectivity index (χ4v) is 2.63. The van der Waals surface area contributed by atoms with Gasteiger partial charge in [0.25, 0.3) is 0 Å². The van der Waals surface area contributed by atoms with Gasteiger partial charge in [-0.2, -0.15) is 0 Å². The second-order valence-electron chi connectivity index (χ2n) is 5.44. The van der Waals surface area contributed by atoms with Gasteiger partial charge in [-0.1, -0.05) is 26.7 Å². The summed E-state index contributed by atoms with van der Waals surface area (Å²) in [6.07, 6.45) is 4.87. The first kappa shape index (κ1) is 16.4. The third-order valence-corrected chi connectivity index (χ3v) is 4.06. The fourth-order valence-electron chi connectivity index (χ4n) is 2.63. The monoisotopic (exact) mass is 269 g/mol. The van der Waals surface area contributed by atoms with Crippen molar-refractivity contribution in [2.45, 2.75) is 52.5 Å². The first-order valence-electron chi connectivity index (χ1n) is 7.93. The molecule has 1 N–H and O–H groups in total. The summed E-state index contributed by atoms with van der Waals surface area (Å²) in [5, 5.41) is 3.37. The van der Waals surface area contributed by atoms with Crippen molar-refractivity contribution in [2.24, 2.45) is 0 Å². The van der Waals surface area contributed by atoms with E-state index < -0.39 is 0 Å². The summed E-state index contributed by atoms with van der Waals surface area (Å²) >= 11 is 0. The Hall–Kier alpha value is -0.610. The van der Waals surface area contributed by atoms with Gasteiger partial charge in [0, 0.05) is 26.2 Å². The number of likely N-dealkylation sites (tertiary alicyclic amines) is 1. The molecular weight excluding hydrogens is 238 g/mol. The lowest BCUT2D eigenvalue weighted by Gasteiger charge is -2.25. The highest BCUT2D eigenvalue weighted by molar-refractivity contribution is 5.81. The predicted molar refractivity (Wildman–Crippen MR) is 80.3 cm³/mol. The predicted octanol–water partition coefficient (Wildman–Crippen LogP) is 1.71. The maximum atomic E-state index is 12.3. The lowest BCUT2D eigenvalue weighted by atomic mass is 10.2. The van der Waals surface area contributed by atoms with E-state index >= 15 is 0 Å². The van der Waals surface area contributed by atoms with Gasteiger partial charge in [-0.15, -0.1) is 0 Å². The zero-order chi connectivity index (χ0) is 14.1. The van der Waals surface area contributed by atoms with Gasteiger partial charge in [-0.05, 0) is 32.9 Å². The number of likely N-dealkylation sites (N-methyl/N-ethyl adjacent to an activating group) is 1. The normalized spacial score (nSPS) is 18.4. The molecule has 0 bridgehead atoms. The van der Waals surface area contributed by atoms with Crippen LogP contribution in [0.3, 0.4) is 0 Å². The molecule has 1 aliphatic rings. The highest BCUT2D eigenvalue weighted by Gasteiger charge is 2.20. The van der Waals surface area contributed by atoms with Gasteiger partial charge in [0.1, 0.15) is 0 Å². The van der Waals surface area contributed by atoms with Gasteiger partial charge in [-0.3, -0.25) is 4.79 Å². The van der Waals surface area contributed by atoms with E-state index in [1.54, 1.807) is 0 Å². The van der Waals surface area contributed by atoms with Crippen LogP contribution in [0, 0.1) is 0 Å². The molecular formula is C15H31N3O. The zero-order valence-electron chi connectivity index (χ0n) is 13.0. The second-order valence-corrected chi connectivity index (χ2v) is 5.44. The summed E-state index contributed by atoms with van der Waals surface area (Å²) in [6, 6.07) is -0.0475. The smallest absolute Gasteiger partial charge is 0.239 e. The van der Waals surface area contributed by atoms with Crippen LogP contribution in [0.2, 0.25) is 0 Å². The van der Waals surface area contributed by atoms with Crippen LogP contribution >= 0.6 is 0 Å². The van der Waals surface area contributed by atoms with Crippen molar-refractivity contribution in [3.8, 4) is 0 Å². The van der Waals surface area contributed by atoms with Crippen LogP contribution in [-0.4, -0.2) is 61.0 Å². The number of carbonyl (C=O) groups excluding carboxylic acids is 1. The summed E-state index contributed by atoms with van der Waals surface area (Å²) in [4.78, 5) is 16.7. The third-order valence-electron chi connectivity index (χ3n) is 4.06. The second kappa shape index (κ2) is 9.32. The molecule has 0 aromatic carbocycles. The van der Waals surface area contributed by atoms with Crippen LogP contribution in [0.4, 0.5) is 0 Å². The number of hydrogen-bond donors (Lipinski definition) is 1. The summed E-state index contributed by atoms with van der Waals surface area (Å²) in [6.45, 7) is 12.3. The number of nitrogens with one attached hydrogen (secondary N) is 1. The van der Waals surface area contributed by atoms with Crippen LogP contribution in [0.5, 0.6) is 0 Å². The van der Waals surface area contributed by atoms with Crippen LogP contribution in [-0.2, 0) is 4.79 Å². The summed E-state index contributed by atoms with van der Waals surface area (Å²) in [7, 11) is 0. The first-order valence-corrected chi connectivity index (χ1v) is 7.93. The molecule has 0 radical (unpaired) electrons. The van der Waals surface area contributed by atoms with E-state index in [2.05, 4.69) is 24.1 Å². The Balaban J connectivity index is 2.27. The average Bonchev–Trinajstić information content (AvgIpc) is 2.71. The topological polar surface area (TPSA) is 35.6 Å². The van der Waals surface area contributed by atoms with Crippen molar-refractivity contribution < 1.29 is 4.79 Å². The van der Waals surface area contributed by atoms with Crippen LogP contribution in [0.25, 0.3) is 0 Å².